The molecular weight excluding hydrogens is 304 g/mol. The molecule has 6 nitrogen and oxygen atoms in total. The number of ether oxygens (including phenoxy) is 1. The Hall–Kier alpha value is -1.76. The predicted molar refractivity (Wildman–Crippen MR) is 87.6 cm³/mol. The Bertz CT molecular complexity index is 564. The largest absolute Gasteiger partial charge is 0.465 e. The fourth-order valence-electron chi connectivity index (χ4n) is 2.78. The normalized spacial score (nSPS) is 20.6. The van der Waals surface area contributed by atoms with Crippen LogP contribution < -0.4 is 5.32 Å². The van der Waals surface area contributed by atoms with Crippen LogP contribution in [0, 0.1) is 10.1 Å². The molecule has 0 spiro atoms. The third-order valence-electron chi connectivity index (χ3n) is 3.78. The molecule has 1 N–H and O–H groups in total. The first-order chi connectivity index (χ1) is 10.6. The number of esters is 1. The molecule has 2 atom stereocenters. The van der Waals surface area contributed by atoms with Crippen molar-refractivity contribution in [2.75, 3.05) is 18.2 Å². The summed E-state index contributed by atoms with van der Waals surface area (Å²) in [5, 5.41) is 15.0. The van der Waals surface area contributed by atoms with E-state index >= 15 is 0 Å². The highest BCUT2D eigenvalue weighted by molar-refractivity contribution is 7.99. The van der Waals surface area contributed by atoms with Crippen LogP contribution in [0.2, 0.25) is 0 Å². The maximum atomic E-state index is 11.7. The lowest BCUT2D eigenvalue weighted by Gasteiger charge is -2.21. The summed E-state index contributed by atoms with van der Waals surface area (Å²) in [6, 6.07) is 4.84. The minimum absolute atomic E-state index is 0.0183. The lowest BCUT2D eigenvalue weighted by molar-refractivity contribution is -0.385. The van der Waals surface area contributed by atoms with Gasteiger partial charge in [0.1, 0.15) is 5.56 Å². The van der Waals surface area contributed by atoms with Gasteiger partial charge >= 0.3 is 5.97 Å². The Labute approximate surface area is 133 Å². The number of methoxy groups -OCH3 is 1. The van der Waals surface area contributed by atoms with E-state index in [1.54, 1.807) is 6.07 Å². The van der Waals surface area contributed by atoms with Crippen LogP contribution in [0.5, 0.6) is 0 Å². The standard InChI is InChI=1S/C15H20N2O4S/c1-3-22-14-6-4-5-12(14)16-10-7-8-13(17(19)20)11(9-10)15(18)21-2/h7-9,12,14,16H,3-6H2,1-2H3. The van der Waals surface area contributed by atoms with Gasteiger partial charge in [0.25, 0.3) is 5.69 Å². The molecule has 0 radical (unpaired) electrons. The fraction of sp³-hybridized carbons (Fsp3) is 0.533. The number of rotatable bonds is 6. The molecule has 2 unspecified atom stereocenters. The Kier molecular flexibility index (Phi) is 5.65. The van der Waals surface area contributed by atoms with Crippen molar-refractivity contribution in [2.45, 2.75) is 37.5 Å². The van der Waals surface area contributed by atoms with Crippen molar-refractivity contribution in [3.63, 3.8) is 0 Å². The average Bonchev–Trinajstić information content (AvgIpc) is 2.93. The summed E-state index contributed by atoms with van der Waals surface area (Å²) < 4.78 is 4.64. The number of thioether (sulfide) groups is 1. The number of hydrogen-bond donors (Lipinski definition) is 1. The van der Waals surface area contributed by atoms with E-state index in [4.69, 9.17) is 0 Å². The molecule has 1 aromatic carbocycles. The lowest BCUT2D eigenvalue weighted by atomic mass is 10.1. The van der Waals surface area contributed by atoms with Gasteiger partial charge in [-0.2, -0.15) is 11.8 Å². The number of anilines is 1. The maximum Gasteiger partial charge on any atom is 0.344 e. The Morgan fingerprint density at radius 2 is 2.27 bits per heavy atom. The van der Waals surface area contributed by atoms with Crippen LogP contribution in [0.15, 0.2) is 18.2 Å². The first-order valence-corrected chi connectivity index (χ1v) is 8.36. The zero-order valence-corrected chi connectivity index (χ0v) is 13.5. The summed E-state index contributed by atoms with van der Waals surface area (Å²) in [6.07, 6.45) is 3.42. The van der Waals surface area contributed by atoms with Crippen LogP contribution in [0.4, 0.5) is 11.4 Å². The highest BCUT2D eigenvalue weighted by Crippen LogP contribution is 2.33. The van der Waals surface area contributed by atoms with Gasteiger partial charge in [-0.05, 0) is 30.7 Å². The van der Waals surface area contributed by atoms with Crippen LogP contribution in [0.1, 0.15) is 36.5 Å². The van der Waals surface area contributed by atoms with Crippen molar-refractivity contribution in [3.05, 3.63) is 33.9 Å². The molecular formula is C15H20N2O4S. The molecule has 2 rings (SSSR count). The molecule has 0 amide bonds. The number of benzene rings is 1. The van der Waals surface area contributed by atoms with Gasteiger partial charge < -0.3 is 10.1 Å². The van der Waals surface area contributed by atoms with Crippen molar-refractivity contribution in [1.82, 2.24) is 0 Å². The summed E-state index contributed by atoms with van der Waals surface area (Å²) in [4.78, 5) is 22.2. The molecule has 0 saturated heterocycles. The molecule has 1 aromatic rings. The van der Waals surface area contributed by atoms with Crippen molar-refractivity contribution in [2.24, 2.45) is 0 Å². The van der Waals surface area contributed by atoms with Crippen LogP contribution >= 0.6 is 11.8 Å². The van der Waals surface area contributed by atoms with Gasteiger partial charge in [-0.25, -0.2) is 4.79 Å². The Morgan fingerprint density at radius 1 is 1.50 bits per heavy atom. The molecule has 120 valence electrons. The molecule has 0 heterocycles. The number of nitrogens with zero attached hydrogens (tertiary/aromatic N) is 1. The van der Waals surface area contributed by atoms with Gasteiger partial charge in [-0.15, -0.1) is 0 Å². The molecule has 1 aliphatic rings. The third-order valence-corrected chi connectivity index (χ3v) is 5.11. The molecule has 22 heavy (non-hydrogen) atoms. The topological polar surface area (TPSA) is 81.5 Å². The van der Waals surface area contributed by atoms with E-state index in [9.17, 15) is 14.9 Å². The summed E-state index contributed by atoms with van der Waals surface area (Å²) in [5.74, 6) is 0.373. The summed E-state index contributed by atoms with van der Waals surface area (Å²) in [5.41, 5.74) is 0.470. The number of nitrogens with one attached hydrogen (secondary N) is 1. The predicted octanol–water partition coefficient (Wildman–Crippen LogP) is 3.47. The average molecular weight is 324 g/mol. The Balaban J connectivity index is 2.21. The summed E-state index contributed by atoms with van der Waals surface area (Å²) >= 11 is 1.93. The summed E-state index contributed by atoms with van der Waals surface area (Å²) in [7, 11) is 1.22. The fourth-order valence-corrected chi connectivity index (χ4v) is 3.98. The van der Waals surface area contributed by atoms with E-state index in [1.807, 2.05) is 11.8 Å². The zero-order chi connectivity index (χ0) is 16.1. The van der Waals surface area contributed by atoms with Crippen LogP contribution in [-0.4, -0.2) is 35.0 Å². The van der Waals surface area contributed by atoms with Crippen molar-refractivity contribution in [3.8, 4) is 0 Å². The molecule has 1 aliphatic carbocycles. The Morgan fingerprint density at radius 3 is 2.91 bits per heavy atom. The molecule has 1 fully saturated rings. The van der Waals surface area contributed by atoms with E-state index in [1.165, 1.54) is 32.1 Å². The molecule has 0 bridgehead atoms. The van der Waals surface area contributed by atoms with E-state index < -0.39 is 10.9 Å². The van der Waals surface area contributed by atoms with Crippen LogP contribution in [0.3, 0.4) is 0 Å². The lowest BCUT2D eigenvalue weighted by Crippen LogP contribution is -2.26. The zero-order valence-electron chi connectivity index (χ0n) is 12.7. The van der Waals surface area contributed by atoms with Crippen LogP contribution in [-0.2, 0) is 4.74 Å². The van der Waals surface area contributed by atoms with E-state index in [2.05, 4.69) is 17.0 Å². The number of carbonyl (C=O) groups is 1. The molecule has 1 saturated carbocycles. The molecule has 0 aromatic heterocycles. The second-order valence-electron chi connectivity index (χ2n) is 5.16. The van der Waals surface area contributed by atoms with E-state index in [0.717, 1.165) is 17.9 Å². The second-order valence-corrected chi connectivity index (χ2v) is 6.67. The van der Waals surface area contributed by atoms with Gasteiger partial charge in [0, 0.05) is 23.0 Å². The highest BCUT2D eigenvalue weighted by atomic mass is 32.2. The van der Waals surface area contributed by atoms with Gasteiger partial charge in [-0.1, -0.05) is 13.3 Å². The maximum absolute atomic E-state index is 11.7. The van der Waals surface area contributed by atoms with Crippen molar-refractivity contribution in [1.29, 1.82) is 0 Å². The minimum Gasteiger partial charge on any atom is -0.465 e. The van der Waals surface area contributed by atoms with Gasteiger partial charge in [0.05, 0.1) is 12.0 Å². The molecule has 0 aliphatic heterocycles. The van der Waals surface area contributed by atoms with Crippen LogP contribution in [0.25, 0.3) is 0 Å². The number of carbonyl (C=O) groups excluding carboxylic acids is 1. The van der Waals surface area contributed by atoms with Crippen molar-refractivity contribution < 1.29 is 14.5 Å². The quantitative estimate of drug-likeness (QED) is 0.490. The van der Waals surface area contributed by atoms with Gasteiger partial charge in [0.15, 0.2) is 0 Å². The van der Waals surface area contributed by atoms with Crippen molar-refractivity contribution >= 4 is 29.1 Å². The van der Waals surface area contributed by atoms with Gasteiger partial charge in [0.2, 0.25) is 0 Å². The highest BCUT2D eigenvalue weighted by Gasteiger charge is 2.28. The minimum atomic E-state index is -0.693. The number of nitro groups is 1. The summed E-state index contributed by atoms with van der Waals surface area (Å²) in [6.45, 7) is 2.14. The number of nitro benzene ring substituents is 1. The SMILES string of the molecule is CCSC1CCCC1Nc1ccc([N+](=O)[O-])c(C(=O)OC)c1. The second kappa shape index (κ2) is 7.49. The smallest absolute Gasteiger partial charge is 0.344 e. The first kappa shape index (κ1) is 16.6. The number of hydrogen-bond acceptors (Lipinski definition) is 6. The van der Waals surface area contributed by atoms with E-state index in [-0.39, 0.29) is 11.3 Å². The first-order valence-electron chi connectivity index (χ1n) is 7.31. The molecule has 7 heteroatoms. The van der Waals surface area contributed by atoms with Gasteiger partial charge in [-0.3, -0.25) is 10.1 Å². The third kappa shape index (κ3) is 3.71. The monoisotopic (exact) mass is 324 g/mol. The van der Waals surface area contributed by atoms with E-state index in [0.29, 0.717) is 11.3 Å².